The molecule has 1 aliphatic heterocycles. The number of unbranched alkanes of at least 4 members (excludes halogenated alkanes) is 2. The van der Waals surface area contributed by atoms with Crippen molar-refractivity contribution in [3.8, 4) is 0 Å². The lowest BCUT2D eigenvalue weighted by Crippen LogP contribution is -2.49. The van der Waals surface area contributed by atoms with Gasteiger partial charge < -0.3 is 10.6 Å². The number of benzene rings is 2. The number of nitrogens with zero attached hydrogens (tertiary/aromatic N) is 3. The van der Waals surface area contributed by atoms with E-state index in [-0.39, 0.29) is 5.91 Å². The molecule has 3 aromatic rings. The SMILES string of the molecule is NC(=O)c1ccc(CCCCCN2CCN(C(=O)Cc3ccc4ccccc4c3)CC2)nc1. The molecule has 2 aromatic carbocycles. The summed E-state index contributed by atoms with van der Waals surface area (Å²) in [5.41, 5.74) is 7.78. The van der Waals surface area contributed by atoms with Crippen molar-refractivity contribution in [2.75, 3.05) is 32.7 Å². The van der Waals surface area contributed by atoms with E-state index in [4.69, 9.17) is 5.73 Å². The van der Waals surface area contributed by atoms with E-state index in [1.54, 1.807) is 12.3 Å². The van der Waals surface area contributed by atoms with Gasteiger partial charge in [0.15, 0.2) is 0 Å². The molecular formula is C27H32N4O2. The van der Waals surface area contributed by atoms with Gasteiger partial charge >= 0.3 is 0 Å². The zero-order valence-electron chi connectivity index (χ0n) is 19.1. The maximum atomic E-state index is 12.8. The van der Waals surface area contributed by atoms with E-state index >= 15 is 0 Å². The number of aromatic nitrogens is 1. The Balaban J connectivity index is 1.13. The number of pyridine rings is 1. The summed E-state index contributed by atoms with van der Waals surface area (Å²) in [5, 5.41) is 2.39. The minimum atomic E-state index is -0.440. The van der Waals surface area contributed by atoms with Crippen LogP contribution in [0.4, 0.5) is 0 Å². The van der Waals surface area contributed by atoms with Gasteiger partial charge in [0, 0.05) is 38.1 Å². The highest BCUT2D eigenvalue weighted by atomic mass is 16.2. The van der Waals surface area contributed by atoms with E-state index in [1.165, 1.54) is 10.8 Å². The number of carbonyl (C=O) groups excluding carboxylic acids is 2. The number of nitrogens with two attached hydrogens (primary N) is 1. The number of amides is 2. The van der Waals surface area contributed by atoms with Crippen LogP contribution in [0.15, 0.2) is 60.8 Å². The number of fused-ring (bicyclic) bond motifs is 1. The lowest BCUT2D eigenvalue weighted by molar-refractivity contribution is -0.132. The maximum Gasteiger partial charge on any atom is 0.250 e. The molecule has 33 heavy (non-hydrogen) atoms. The van der Waals surface area contributed by atoms with Crippen molar-refractivity contribution in [2.24, 2.45) is 5.73 Å². The molecular weight excluding hydrogens is 412 g/mol. The van der Waals surface area contributed by atoms with E-state index in [2.05, 4.69) is 40.2 Å². The molecule has 6 nitrogen and oxygen atoms in total. The highest BCUT2D eigenvalue weighted by molar-refractivity contribution is 5.92. The molecule has 0 aliphatic carbocycles. The zero-order chi connectivity index (χ0) is 23.0. The van der Waals surface area contributed by atoms with Crippen molar-refractivity contribution in [3.05, 3.63) is 77.6 Å². The van der Waals surface area contributed by atoms with Crippen LogP contribution in [0.1, 0.15) is 40.9 Å². The molecule has 2 N–H and O–H groups in total. The first-order chi connectivity index (χ1) is 16.1. The van der Waals surface area contributed by atoms with E-state index in [0.29, 0.717) is 12.0 Å². The van der Waals surface area contributed by atoms with Gasteiger partial charge in [0.1, 0.15) is 0 Å². The van der Waals surface area contributed by atoms with Gasteiger partial charge in [0.2, 0.25) is 11.8 Å². The fourth-order valence-electron chi connectivity index (χ4n) is 4.39. The summed E-state index contributed by atoms with van der Waals surface area (Å²) in [6, 6.07) is 18.2. The Morgan fingerprint density at radius 1 is 0.879 bits per heavy atom. The predicted octanol–water partition coefficient (Wildman–Crippen LogP) is 3.43. The largest absolute Gasteiger partial charge is 0.366 e. The number of primary amides is 1. The smallest absolute Gasteiger partial charge is 0.250 e. The van der Waals surface area contributed by atoms with Crippen molar-refractivity contribution < 1.29 is 9.59 Å². The van der Waals surface area contributed by atoms with Crippen LogP contribution in [0.5, 0.6) is 0 Å². The Bertz CT molecular complexity index is 1090. The third-order valence-electron chi connectivity index (χ3n) is 6.41. The van der Waals surface area contributed by atoms with Gasteiger partial charge in [-0.1, -0.05) is 48.9 Å². The average Bonchev–Trinajstić information content (AvgIpc) is 2.84. The second-order valence-electron chi connectivity index (χ2n) is 8.79. The van der Waals surface area contributed by atoms with Crippen molar-refractivity contribution >= 4 is 22.6 Å². The van der Waals surface area contributed by atoms with E-state index in [1.807, 2.05) is 23.1 Å². The molecule has 1 saturated heterocycles. The second kappa shape index (κ2) is 11.1. The Morgan fingerprint density at radius 3 is 2.39 bits per heavy atom. The fourth-order valence-corrected chi connectivity index (χ4v) is 4.39. The molecule has 172 valence electrons. The number of rotatable bonds is 9. The first-order valence-corrected chi connectivity index (χ1v) is 11.8. The molecule has 0 atom stereocenters. The Labute approximate surface area is 195 Å². The van der Waals surface area contributed by atoms with Crippen molar-refractivity contribution in [3.63, 3.8) is 0 Å². The number of aryl methyl sites for hydroxylation is 1. The summed E-state index contributed by atoms with van der Waals surface area (Å²) in [6.07, 6.45) is 6.30. The Morgan fingerprint density at radius 2 is 1.67 bits per heavy atom. The molecule has 2 amide bonds. The van der Waals surface area contributed by atoms with Crippen LogP contribution >= 0.6 is 0 Å². The van der Waals surface area contributed by atoms with Gasteiger partial charge in [0.25, 0.3) is 0 Å². The monoisotopic (exact) mass is 444 g/mol. The van der Waals surface area contributed by atoms with Crippen LogP contribution in [-0.2, 0) is 17.6 Å². The molecule has 1 aromatic heterocycles. The summed E-state index contributed by atoms with van der Waals surface area (Å²) in [4.78, 5) is 32.7. The summed E-state index contributed by atoms with van der Waals surface area (Å²) in [5.74, 6) is -0.218. The summed E-state index contributed by atoms with van der Waals surface area (Å²) >= 11 is 0. The van der Waals surface area contributed by atoms with E-state index in [0.717, 1.165) is 69.7 Å². The van der Waals surface area contributed by atoms with Gasteiger partial charge in [-0.25, -0.2) is 0 Å². The number of hydrogen-bond acceptors (Lipinski definition) is 4. The van der Waals surface area contributed by atoms with Crippen LogP contribution in [0.2, 0.25) is 0 Å². The van der Waals surface area contributed by atoms with E-state index < -0.39 is 5.91 Å². The molecule has 0 spiro atoms. The van der Waals surface area contributed by atoms with E-state index in [9.17, 15) is 9.59 Å². The van der Waals surface area contributed by atoms with Gasteiger partial charge in [0.05, 0.1) is 12.0 Å². The molecule has 0 bridgehead atoms. The van der Waals surface area contributed by atoms with Gasteiger partial charge in [-0.15, -0.1) is 0 Å². The maximum absolute atomic E-state index is 12.8. The third-order valence-corrected chi connectivity index (χ3v) is 6.41. The normalized spacial score (nSPS) is 14.5. The third kappa shape index (κ3) is 6.39. The molecule has 6 heteroatoms. The first kappa shape index (κ1) is 22.9. The van der Waals surface area contributed by atoms with Crippen molar-refractivity contribution in [1.82, 2.24) is 14.8 Å². The van der Waals surface area contributed by atoms with Crippen LogP contribution < -0.4 is 5.73 Å². The number of piperazine rings is 1. The van der Waals surface area contributed by atoms with Gasteiger partial charge in [-0.05, 0) is 54.3 Å². The highest BCUT2D eigenvalue weighted by Gasteiger charge is 2.20. The topological polar surface area (TPSA) is 79.5 Å². The highest BCUT2D eigenvalue weighted by Crippen LogP contribution is 2.17. The minimum Gasteiger partial charge on any atom is -0.366 e. The predicted molar refractivity (Wildman–Crippen MR) is 131 cm³/mol. The van der Waals surface area contributed by atoms with Crippen LogP contribution in [0.25, 0.3) is 10.8 Å². The lowest BCUT2D eigenvalue weighted by Gasteiger charge is -2.34. The Kier molecular flexibility index (Phi) is 7.68. The lowest BCUT2D eigenvalue weighted by atomic mass is 10.0. The molecule has 0 saturated carbocycles. The zero-order valence-corrected chi connectivity index (χ0v) is 19.1. The van der Waals surface area contributed by atoms with Crippen LogP contribution in [-0.4, -0.2) is 59.3 Å². The molecule has 1 fully saturated rings. The van der Waals surface area contributed by atoms with Crippen molar-refractivity contribution in [2.45, 2.75) is 32.1 Å². The molecule has 1 aliphatic rings. The second-order valence-corrected chi connectivity index (χ2v) is 8.79. The summed E-state index contributed by atoms with van der Waals surface area (Å²) < 4.78 is 0. The standard InChI is InChI=1S/C27H32N4O2/c28-27(33)24-11-12-25(29-20-24)8-2-1-5-13-30-14-16-31(17-15-30)26(32)19-21-9-10-22-6-3-4-7-23(22)18-21/h3-4,6-7,9-12,18,20H,1-2,5,8,13-17,19H2,(H2,28,33). The molecule has 0 radical (unpaired) electrons. The van der Waals surface area contributed by atoms with Gasteiger partial charge in [-0.3, -0.25) is 19.5 Å². The first-order valence-electron chi connectivity index (χ1n) is 11.8. The Hall–Kier alpha value is -3.25. The van der Waals surface area contributed by atoms with Crippen LogP contribution in [0.3, 0.4) is 0 Å². The summed E-state index contributed by atoms with van der Waals surface area (Å²) in [7, 11) is 0. The number of carbonyl (C=O) groups is 2. The average molecular weight is 445 g/mol. The van der Waals surface area contributed by atoms with Crippen LogP contribution in [0, 0.1) is 0 Å². The minimum absolute atomic E-state index is 0.222. The molecule has 4 rings (SSSR count). The quantitative estimate of drug-likeness (QED) is 0.513. The molecule has 2 heterocycles. The summed E-state index contributed by atoms with van der Waals surface area (Å²) in [6.45, 7) is 4.57. The van der Waals surface area contributed by atoms with Crippen molar-refractivity contribution in [1.29, 1.82) is 0 Å². The van der Waals surface area contributed by atoms with Gasteiger partial charge in [-0.2, -0.15) is 0 Å². The fraction of sp³-hybridized carbons (Fsp3) is 0.370. The molecule has 0 unspecified atom stereocenters. The number of hydrogen-bond donors (Lipinski definition) is 1.